The monoisotopic (exact) mass is 494 g/mol. The average Bonchev–Trinajstić information content (AvgIpc) is 2.82. The average molecular weight is 495 g/mol. The van der Waals surface area contributed by atoms with Crippen LogP contribution in [0.1, 0.15) is 45.2 Å². The highest BCUT2D eigenvalue weighted by molar-refractivity contribution is 6.03. The second-order valence-corrected chi connectivity index (χ2v) is 9.20. The molecule has 7 nitrogen and oxygen atoms in total. The summed E-state index contributed by atoms with van der Waals surface area (Å²) < 4.78 is 27.3. The molecule has 1 heterocycles. The van der Waals surface area contributed by atoms with E-state index in [1.807, 2.05) is 0 Å². The first kappa shape index (κ1) is 26.5. The Labute approximate surface area is 208 Å². The number of carbonyl (C=O) groups excluding carboxylic acids is 3. The first-order valence-electron chi connectivity index (χ1n) is 11.4. The van der Waals surface area contributed by atoms with Gasteiger partial charge in [-0.15, -0.1) is 0 Å². The zero-order chi connectivity index (χ0) is 26.3. The van der Waals surface area contributed by atoms with Crippen molar-refractivity contribution in [3.63, 3.8) is 0 Å². The predicted octanol–water partition coefficient (Wildman–Crippen LogP) is 4.77. The summed E-state index contributed by atoms with van der Waals surface area (Å²) in [5.74, 6) is -2.16. The van der Waals surface area contributed by atoms with Crippen molar-refractivity contribution in [3.8, 4) is 0 Å². The van der Waals surface area contributed by atoms with Crippen molar-refractivity contribution in [3.05, 3.63) is 90.1 Å². The molecule has 2 aromatic carbocycles. The fraction of sp³-hybridized carbons (Fsp3) is 0.259. The van der Waals surface area contributed by atoms with Crippen molar-refractivity contribution in [2.45, 2.75) is 45.2 Å². The van der Waals surface area contributed by atoms with Crippen molar-refractivity contribution >= 4 is 29.2 Å². The normalized spacial score (nSPS) is 11.9. The van der Waals surface area contributed by atoms with Gasteiger partial charge in [-0.1, -0.05) is 18.2 Å². The Morgan fingerprint density at radius 3 is 2.06 bits per heavy atom. The van der Waals surface area contributed by atoms with Gasteiger partial charge in [-0.25, -0.2) is 13.8 Å². The van der Waals surface area contributed by atoms with Crippen molar-refractivity contribution < 1.29 is 23.2 Å². The van der Waals surface area contributed by atoms with E-state index in [0.29, 0.717) is 11.4 Å². The molecule has 0 aliphatic rings. The Hall–Kier alpha value is -4.14. The number of aromatic nitrogens is 1. The highest BCUT2D eigenvalue weighted by atomic mass is 19.1. The second-order valence-electron chi connectivity index (χ2n) is 9.20. The smallest absolute Gasteiger partial charge is 0.248 e. The van der Waals surface area contributed by atoms with Crippen LogP contribution in [-0.4, -0.2) is 28.2 Å². The summed E-state index contributed by atoms with van der Waals surface area (Å²) in [6, 6.07) is 14.2. The molecule has 0 aliphatic heterocycles. The maximum atomic E-state index is 13.7. The molecule has 0 saturated heterocycles. The second kappa shape index (κ2) is 11.5. The molecule has 188 valence electrons. The van der Waals surface area contributed by atoms with Crippen LogP contribution in [0.2, 0.25) is 0 Å². The molecule has 0 spiro atoms. The molecule has 1 unspecified atom stereocenters. The van der Waals surface area contributed by atoms with E-state index in [-0.39, 0.29) is 18.5 Å². The number of amides is 3. The van der Waals surface area contributed by atoms with Crippen LogP contribution in [0.4, 0.5) is 20.3 Å². The molecule has 9 heteroatoms. The fourth-order valence-electron chi connectivity index (χ4n) is 3.52. The minimum absolute atomic E-state index is 0.176. The Morgan fingerprint density at radius 2 is 1.50 bits per heavy atom. The van der Waals surface area contributed by atoms with Crippen LogP contribution in [0.5, 0.6) is 0 Å². The largest absolute Gasteiger partial charge is 0.349 e. The van der Waals surface area contributed by atoms with Crippen LogP contribution in [-0.2, 0) is 14.4 Å². The molecule has 1 aromatic heterocycles. The van der Waals surface area contributed by atoms with E-state index in [0.717, 1.165) is 0 Å². The SMILES string of the molecule is CC(C)(C)NC(=O)C(c1ccc(F)cc1)N(C(=O)CCC(=O)Nc1ccccn1)c1ccc(F)cc1. The lowest BCUT2D eigenvalue weighted by molar-refractivity contribution is -0.128. The lowest BCUT2D eigenvalue weighted by atomic mass is 10.00. The number of benzene rings is 2. The Bertz CT molecular complexity index is 1190. The van der Waals surface area contributed by atoms with Crippen LogP contribution in [0.25, 0.3) is 0 Å². The number of rotatable bonds is 8. The summed E-state index contributed by atoms with van der Waals surface area (Å²) in [6.07, 6.45) is 1.11. The standard InChI is InChI=1S/C27H28F2N4O3/c1-27(2,3)32-26(36)25(18-7-9-19(28)10-8-18)33(21-13-11-20(29)12-14-21)24(35)16-15-23(34)31-22-6-4-5-17-30-22/h4-14,17,25H,15-16H2,1-3H3,(H,32,36)(H,30,31,34). The number of pyridine rings is 1. The maximum absolute atomic E-state index is 13.7. The minimum atomic E-state index is -1.19. The van der Waals surface area contributed by atoms with Crippen LogP contribution in [0.3, 0.4) is 0 Å². The maximum Gasteiger partial charge on any atom is 0.248 e. The number of nitrogens with one attached hydrogen (secondary N) is 2. The third-order valence-corrected chi connectivity index (χ3v) is 5.06. The van der Waals surface area contributed by atoms with Gasteiger partial charge >= 0.3 is 0 Å². The molecule has 3 aromatic rings. The Balaban J connectivity index is 1.94. The van der Waals surface area contributed by atoms with E-state index >= 15 is 0 Å². The third kappa shape index (κ3) is 7.43. The van der Waals surface area contributed by atoms with Crippen molar-refractivity contribution in [2.24, 2.45) is 0 Å². The topological polar surface area (TPSA) is 91.4 Å². The first-order valence-corrected chi connectivity index (χ1v) is 11.4. The molecular weight excluding hydrogens is 466 g/mol. The summed E-state index contributed by atoms with van der Waals surface area (Å²) in [6.45, 7) is 5.37. The molecule has 0 aliphatic carbocycles. The van der Waals surface area contributed by atoms with Gasteiger partial charge in [0.15, 0.2) is 0 Å². The zero-order valence-corrected chi connectivity index (χ0v) is 20.3. The molecule has 0 saturated carbocycles. The minimum Gasteiger partial charge on any atom is -0.349 e. The van der Waals surface area contributed by atoms with Crippen LogP contribution < -0.4 is 15.5 Å². The molecule has 0 bridgehead atoms. The lowest BCUT2D eigenvalue weighted by Crippen LogP contribution is -2.49. The number of carbonyl (C=O) groups is 3. The number of anilines is 2. The van der Waals surface area contributed by atoms with Gasteiger partial charge in [-0.2, -0.15) is 0 Å². The van der Waals surface area contributed by atoms with Crippen molar-refractivity contribution in [1.82, 2.24) is 10.3 Å². The van der Waals surface area contributed by atoms with E-state index in [1.165, 1.54) is 59.6 Å². The number of halogens is 2. The molecule has 2 N–H and O–H groups in total. The first-order chi connectivity index (χ1) is 17.0. The van der Waals surface area contributed by atoms with E-state index in [9.17, 15) is 23.2 Å². The van der Waals surface area contributed by atoms with Gasteiger partial charge < -0.3 is 10.6 Å². The van der Waals surface area contributed by atoms with Gasteiger partial charge in [-0.3, -0.25) is 19.3 Å². The predicted molar refractivity (Wildman–Crippen MR) is 133 cm³/mol. The summed E-state index contributed by atoms with van der Waals surface area (Å²) in [4.78, 5) is 44.6. The summed E-state index contributed by atoms with van der Waals surface area (Å²) in [5.41, 5.74) is -0.0196. The summed E-state index contributed by atoms with van der Waals surface area (Å²) in [5, 5.41) is 5.47. The van der Waals surface area contributed by atoms with Gasteiger partial charge in [0.1, 0.15) is 23.5 Å². The molecule has 0 radical (unpaired) electrons. The summed E-state index contributed by atoms with van der Waals surface area (Å²) in [7, 11) is 0. The van der Waals surface area contributed by atoms with E-state index < -0.39 is 40.9 Å². The van der Waals surface area contributed by atoms with Crippen LogP contribution in [0, 0.1) is 11.6 Å². The number of hydrogen-bond donors (Lipinski definition) is 2. The Kier molecular flexibility index (Phi) is 8.47. The van der Waals surface area contributed by atoms with Crippen molar-refractivity contribution in [1.29, 1.82) is 0 Å². The molecule has 3 amide bonds. The van der Waals surface area contributed by atoms with E-state index in [2.05, 4.69) is 15.6 Å². The molecule has 1 atom stereocenters. The van der Waals surface area contributed by atoms with Gasteiger partial charge in [-0.05, 0) is 74.9 Å². The van der Waals surface area contributed by atoms with Gasteiger partial charge in [0.25, 0.3) is 0 Å². The molecule has 3 rings (SSSR count). The number of nitrogens with zero attached hydrogens (tertiary/aromatic N) is 2. The number of hydrogen-bond acceptors (Lipinski definition) is 4. The lowest BCUT2D eigenvalue weighted by Gasteiger charge is -2.34. The molecular formula is C27H28F2N4O3. The summed E-state index contributed by atoms with van der Waals surface area (Å²) >= 11 is 0. The van der Waals surface area contributed by atoms with Crippen molar-refractivity contribution in [2.75, 3.05) is 10.2 Å². The van der Waals surface area contributed by atoms with Gasteiger partial charge in [0.2, 0.25) is 17.7 Å². The fourth-order valence-corrected chi connectivity index (χ4v) is 3.52. The molecule has 36 heavy (non-hydrogen) atoms. The van der Waals surface area contributed by atoms with E-state index in [1.54, 1.807) is 39.0 Å². The van der Waals surface area contributed by atoms with Gasteiger partial charge in [0.05, 0.1) is 0 Å². The zero-order valence-electron chi connectivity index (χ0n) is 20.3. The highest BCUT2D eigenvalue weighted by Crippen LogP contribution is 2.30. The third-order valence-electron chi connectivity index (χ3n) is 5.06. The Morgan fingerprint density at radius 1 is 0.889 bits per heavy atom. The van der Waals surface area contributed by atoms with Crippen LogP contribution >= 0.6 is 0 Å². The highest BCUT2D eigenvalue weighted by Gasteiger charge is 2.34. The molecule has 0 fully saturated rings. The quantitative estimate of drug-likeness (QED) is 0.472. The van der Waals surface area contributed by atoms with Gasteiger partial charge in [0, 0.05) is 30.3 Å². The van der Waals surface area contributed by atoms with E-state index in [4.69, 9.17) is 0 Å². The van der Waals surface area contributed by atoms with Crippen LogP contribution in [0.15, 0.2) is 72.9 Å².